The van der Waals surface area contributed by atoms with Gasteiger partial charge in [-0.15, -0.1) is 0 Å². The van der Waals surface area contributed by atoms with Gasteiger partial charge >= 0.3 is 6.18 Å². The normalized spacial score (nSPS) is 15.0. The number of nitrogens with one attached hydrogen (secondary N) is 1. The van der Waals surface area contributed by atoms with Crippen molar-refractivity contribution in [2.24, 2.45) is 0 Å². The van der Waals surface area contributed by atoms with E-state index < -0.39 is 21.9 Å². The van der Waals surface area contributed by atoms with Gasteiger partial charge in [0.1, 0.15) is 0 Å². The Hall–Kier alpha value is -1.91. The number of aryl methyl sites for hydroxylation is 2. The van der Waals surface area contributed by atoms with Crippen LogP contribution in [0.1, 0.15) is 28.1 Å². The van der Waals surface area contributed by atoms with Crippen LogP contribution in [0, 0.1) is 13.8 Å². The molecule has 2 heterocycles. The van der Waals surface area contributed by atoms with E-state index in [0.29, 0.717) is 24.3 Å². The lowest BCUT2D eigenvalue weighted by Crippen LogP contribution is -2.29. The smallest absolute Gasteiger partial charge is 0.376 e. The molecule has 1 N–H and O–H groups in total. The zero-order chi connectivity index (χ0) is 19.8. The van der Waals surface area contributed by atoms with E-state index in [1.807, 2.05) is 6.92 Å². The van der Waals surface area contributed by atoms with Gasteiger partial charge in [0.15, 0.2) is 5.69 Å². The molecule has 0 unspecified atom stereocenters. The Morgan fingerprint density at radius 1 is 1.30 bits per heavy atom. The van der Waals surface area contributed by atoms with Gasteiger partial charge in [0, 0.05) is 24.2 Å². The molecule has 0 saturated carbocycles. The van der Waals surface area contributed by atoms with Crippen LogP contribution in [-0.2, 0) is 40.5 Å². The fourth-order valence-electron chi connectivity index (χ4n) is 3.19. The molecule has 1 aromatic carbocycles. The summed E-state index contributed by atoms with van der Waals surface area (Å²) in [6.45, 7) is 3.66. The first-order valence-corrected chi connectivity index (χ1v) is 9.88. The Kier molecular flexibility index (Phi) is 5.33. The third-order valence-corrected chi connectivity index (χ3v) is 6.02. The molecule has 1 aliphatic rings. The third-order valence-electron chi connectivity index (χ3n) is 4.40. The summed E-state index contributed by atoms with van der Waals surface area (Å²) in [6, 6.07) is 4.97. The fraction of sp³-hybridized carbons (Fsp3) is 0.471. The molecule has 27 heavy (non-hydrogen) atoms. The number of sulfonamides is 1. The molecule has 2 aromatic rings. The lowest BCUT2D eigenvalue weighted by molar-refractivity contribution is -0.142. The molecule has 6 nitrogen and oxygen atoms in total. The Morgan fingerprint density at radius 3 is 2.70 bits per heavy atom. The number of rotatable bonds is 5. The summed E-state index contributed by atoms with van der Waals surface area (Å²) in [7, 11) is -3.76. The number of hydrogen-bond donors (Lipinski definition) is 1. The molecule has 0 saturated heterocycles. The zero-order valence-corrected chi connectivity index (χ0v) is 15.7. The van der Waals surface area contributed by atoms with Crippen molar-refractivity contribution in [2.45, 2.75) is 44.5 Å². The minimum absolute atomic E-state index is 0.00253. The van der Waals surface area contributed by atoms with E-state index in [1.165, 1.54) is 10.7 Å². The second kappa shape index (κ2) is 7.25. The molecule has 1 aliphatic heterocycles. The number of aromatic nitrogens is 2. The van der Waals surface area contributed by atoms with Crippen LogP contribution in [0.5, 0.6) is 0 Å². The van der Waals surface area contributed by atoms with Crippen molar-refractivity contribution in [3.8, 4) is 0 Å². The van der Waals surface area contributed by atoms with Gasteiger partial charge in [-0.1, -0.05) is 17.7 Å². The molecule has 148 valence electrons. The van der Waals surface area contributed by atoms with Gasteiger partial charge in [-0.2, -0.15) is 18.3 Å². The van der Waals surface area contributed by atoms with E-state index in [4.69, 9.17) is 4.74 Å². The molecule has 0 fully saturated rings. The van der Waals surface area contributed by atoms with Crippen molar-refractivity contribution >= 4 is 10.0 Å². The maximum atomic E-state index is 13.2. The Bertz CT molecular complexity index is 952. The molecule has 0 aliphatic carbocycles. The van der Waals surface area contributed by atoms with Crippen LogP contribution in [0.25, 0.3) is 0 Å². The van der Waals surface area contributed by atoms with Crippen molar-refractivity contribution in [1.29, 1.82) is 0 Å². The monoisotopic (exact) mass is 403 g/mol. The molecule has 10 heteroatoms. The van der Waals surface area contributed by atoms with Gasteiger partial charge in [0.05, 0.1) is 24.7 Å². The summed E-state index contributed by atoms with van der Waals surface area (Å²) in [5, 5.41) is 3.66. The van der Waals surface area contributed by atoms with Crippen molar-refractivity contribution in [3.05, 3.63) is 46.3 Å². The van der Waals surface area contributed by atoms with Gasteiger partial charge in [0.2, 0.25) is 10.0 Å². The lowest BCUT2D eigenvalue weighted by atomic mass is 10.1. The minimum Gasteiger partial charge on any atom is -0.376 e. The largest absolute Gasteiger partial charge is 0.435 e. The highest BCUT2D eigenvalue weighted by molar-refractivity contribution is 7.89. The van der Waals surface area contributed by atoms with Gasteiger partial charge in [-0.25, -0.2) is 13.1 Å². The van der Waals surface area contributed by atoms with Crippen LogP contribution in [-0.4, -0.2) is 31.3 Å². The Labute approximate surface area is 155 Å². The number of hydrogen-bond acceptors (Lipinski definition) is 4. The fourth-order valence-corrected chi connectivity index (χ4v) is 4.43. The van der Waals surface area contributed by atoms with Gasteiger partial charge in [0.25, 0.3) is 0 Å². The summed E-state index contributed by atoms with van der Waals surface area (Å²) >= 11 is 0. The third kappa shape index (κ3) is 4.17. The topological polar surface area (TPSA) is 73.2 Å². The number of alkyl halides is 3. The quantitative estimate of drug-likeness (QED) is 0.833. The highest BCUT2D eigenvalue weighted by Gasteiger charge is 2.39. The first kappa shape index (κ1) is 19.8. The predicted octanol–water partition coefficient (Wildman–Crippen LogP) is 2.57. The van der Waals surface area contributed by atoms with Gasteiger partial charge < -0.3 is 4.74 Å². The molecule has 3 rings (SSSR count). The van der Waals surface area contributed by atoms with Crippen molar-refractivity contribution < 1.29 is 26.3 Å². The van der Waals surface area contributed by atoms with Crippen molar-refractivity contribution in [1.82, 2.24) is 14.5 Å². The number of fused-ring (bicyclic) bond motifs is 1. The molecule has 0 spiro atoms. The molecule has 0 radical (unpaired) electrons. The van der Waals surface area contributed by atoms with E-state index >= 15 is 0 Å². The average Bonchev–Trinajstić information content (AvgIpc) is 2.93. The second-order valence-corrected chi connectivity index (χ2v) is 8.20. The first-order chi connectivity index (χ1) is 12.6. The van der Waals surface area contributed by atoms with Crippen LogP contribution in [0.15, 0.2) is 23.1 Å². The maximum Gasteiger partial charge on any atom is 0.435 e. The summed E-state index contributed by atoms with van der Waals surface area (Å²) in [5.41, 5.74) is 1.06. The summed E-state index contributed by atoms with van der Waals surface area (Å²) < 4.78 is 73.2. The van der Waals surface area contributed by atoms with E-state index in [1.54, 1.807) is 19.1 Å². The first-order valence-electron chi connectivity index (χ1n) is 8.40. The van der Waals surface area contributed by atoms with E-state index in [-0.39, 0.29) is 30.2 Å². The number of nitrogens with zero attached hydrogens (tertiary/aromatic N) is 2. The molecule has 0 atom stereocenters. The highest BCUT2D eigenvalue weighted by atomic mass is 32.2. The Balaban J connectivity index is 1.76. The van der Waals surface area contributed by atoms with Gasteiger partial charge in [-0.3, -0.25) is 4.68 Å². The van der Waals surface area contributed by atoms with E-state index in [0.717, 1.165) is 5.56 Å². The number of ether oxygens (including phenoxy) is 1. The zero-order valence-electron chi connectivity index (χ0n) is 14.9. The van der Waals surface area contributed by atoms with Gasteiger partial charge in [-0.05, 0) is 25.5 Å². The highest BCUT2D eigenvalue weighted by Crippen LogP contribution is 2.34. The number of halogens is 3. The van der Waals surface area contributed by atoms with E-state index in [2.05, 4.69) is 9.82 Å². The molecular weight excluding hydrogens is 383 g/mol. The average molecular weight is 403 g/mol. The van der Waals surface area contributed by atoms with Crippen LogP contribution >= 0.6 is 0 Å². The van der Waals surface area contributed by atoms with Crippen molar-refractivity contribution in [3.63, 3.8) is 0 Å². The van der Waals surface area contributed by atoms with Crippen LogP contribution in [0.3, 0.4) is 0 Å². The maximum absolute atomic E-state index is 13.2. The molecular formula is C17H20F3N3O3S. The standard InChI is InChI=1S/C17H20F3N3O3S/c1-11-3-4-15(12(2)9-11)27(24,25)21-6-7-23-14-5-8-26-10-13(14)16(22-23)17(18,19)20/h3-4,9,21H,5-8,10H2,1-2H3. The van der Waals surface area contributed by atoms with Crippen LogP contribution in [0.2, 0.25) is 0 Å². The summed E-state index contributed by atoms with van der Waals surface area (Å²) in [4.78, 5) is 0.153. The minimum atomic E-state index is -4.57. The summed E-state index contributed by atoms with van der Waals surface area (Å²) in [6.07, 6.45) is -4.27. The van der Waals surface area contributed by atoms with Crippen molar-refractivity contribution in [2.75, 3.05) is 13.2 Å². The summed E-state index contributed by atoms with van der Waals surface area (Å²) in [5.74, 6) is 0. The predicted molar refractivity (Wildman–Crippen MR) is 91.7 cm³/mol. The van der Waals surface area contributed by atoms with E-state index in [9.17, 15) is 21.6 Å². The van der Waals surface area contributed by atoms with Crippen LogP contribution < -0.4 is 4.72 Å². The Morgan fingerprint density at radius 2 is 2.04 bits per heavy atom. The van der Waals surface area contributed by atoms with Crippen LogP contribution in [0.4, 0.5) is 13.2 Å². The molecule has 0 bridgehead atoms. The SMILES string of the molecule is Cc1ccc(S(=O)(=O)NCCn2nc(C(F)(F)F)c3c2CCOC3)c(C)c1. The molecule has 1 aromatic heterocycles. The lowest BCUT2D eigenvalue weighted by Gasteiger charge is -2.16. The second-order valence-electron chi connectivity index (χ2n) is 6.46. The number of benzene rings is 1. The molecule has 0 amide bonds.